The van der Waals surface area contributed by atoms with Crippen molar-refractivity contribution in [3.63, 3.8) is 0 Å². The Morgan fingerprint density at radius 1 is 1.29 bits per heavy atom. The van der Waals surface area contributed by atoms with Crippen molar-refractivity contribution in [1.82, 2.24) is 10.3 Å². The molecule has 1 amide bonds. The van der Waals surface area contributed by atoms with E-state index in [-0.39, 0.29) is 11.3 Å². The molecule has 0 radical (unpaired) electrons. The predicted octanol–water partition coefficient (Wildman–Crippen LogP) is 3.59. The fourth-order valence-electron chi connectivity index (χ4n) is 1.73. The molecule has 1 aromatic heterocycles. The van der Waals surface area contributed by atoms with E-state index in [1.165, 1.54) is 0 Å². The average molecular weight is 315 g/mol. The number of aromatic nitrogens is 1. The third-order valence-corrected chi connectivity index (χ3v) is 4.02. The van der Waals surface area contributed by atoms with Gasteiger partial charge in [0.2, 0.25) is 5.91 Å². The molecule has 1 aromatic rings. The Bertz CT molecular complexity index is 487. The van der Waals surface area contributed by atoms with Crippen molar-refractivity contribution in [2.45, 2.75) is 59.8 Å². The number of hydrogen-bond acceptors (Lipinski definition) is 3. The van der Waals surface area contributed by atoms with E-state index in [0.29, 0.717) is 12.4 Å². The largest absolute Gasteiger partial charge is 0.445 e. The molecular formula is C16H27ClN2O2. The first-order valence-corrected chi connectivity index (χ1v) is 7.92. The van der Waals surface area contributed by atoms with Gasteiger partial charge in [-0.2, -0.15) is 0 Å². The summed E-state index contributed by atoms with van der Waals surface area (Å²) in [5.41, 5.74) is 0.331. The fourth-order valence-corrected chi connectivity index (χ4v) is 1.85. The Balaban J connectivity index is 2.47. The molecule has 0 aliphatic heterocycles. The van der Waals surface area contributed by atoms with Gasteiger partial charge in [0.15, 0.2) is 5.89 Å². The van der Waals surface area contributed by atoms with Crippen molar-refractivity contribution in [2.75, 3.05) is 12.4 Å². The first-order valence-electron chi connectivity index (χ1n) is 7.39. The zero-order valence-corrected chi connectivity index (χ0v) is 14.7. The highest BCUT2D eigenvalue weighted by Crippen LogP contribution is 2.24. The molecule has 0 aliphatic rings. The van der Waals surface area contributed by atoms with Crippen LogP contribution in [0.25, 0.3) is 0 Å². The Labute approximate surface area is 132 Å². The number of aryl methyl sites for hydroxylation is 2. The molecule has 21 heavy (non-hydrogen) atoms. The molecule has 0 unspecified atom stereocenters. The summed E-state index contributed by atoms with van der Waals surface area (Å²) in [6.45, 7) is 12.5. The van der Waals surface area contributed by atoms with Crippen molar-refractivity contribution in [1.29, 1.82) is 0 Å². The van der Waals surface area contributed by atoms with Gasteiger partial charge in [0.05, 0.1) is 11.1 Å². The van der Waals surface area contributed by atoms with E-state index < -0.39 is 5.41 Å². The lowest BCUT2D eigenvalue weighted by Crippen LogP contribution is -2.38. The molecule has 5 heteroatoms. The second-order valence-corrected chi connectivity index (χ2v) is 7.42. The number of rotatable bonds is 6. The van der Waals surface area contributed by atoms with Gasteiger partial charge < -0.3 is 9.73 Å². The normalized spacial score (nSPS) is 12.5. The van der Waals surface area contributed by atoms with E-state index in [4.69, 9.17) is 16.0 Å². The monoisotopic (exact) mass is 314 g/mol. The standard InChI is InChI=1S/C16H27ClN2O2/c1-11-12(21-14(19-11)15(2,3)4)8-7-9-18-13(20)16(5,6)10-17/h7-10H2,1-6H3,(H,18,20). The summed E-state index contributed by atoms with van der Waals surface area (Å²) in [5, 5.41) is 2.92. The Morgan fingerprint density at radius 3 is 2.38 bits per heavy atom. The summed E-state index contributed by atoms with van der Waals surface area (Å²) in [4.78, 5) is 16.4. The summed E-state index contributed by atoms with van der Waals surface area (Å²) in [6.07, 6.45) is 1.60. The number of alkyl halides is 1. The van der Waals surface area contributed by atoms with Crippen molar-refractivity contribution >= 4 is 17.5 Å². The minimum Gasteiger partial charge on any atom is -0.445 e. The van der Waals surface area contributed by atoms with Gasteiger partial charge in [0.1, 0.15) is 5.76 Å². The van der Waals surface area contributed by atoms with Crippen molar-refractivity contribution < 1.29 is 9.21 Å². The van der Waals surface area contributed by atoms with Crippen LogP contribution in [0.2, 0.25) is 0 Å². The number of nitrogens with one attached hydrogen (secondary N) is 1. The maximum atomic E-state index is 11.9. The van der Waals surface area contributed by atoms with Crippen LogP contribution in [0.5, 0.6) is 0 Å². The Kier molecular flexibility index (Phi) is 5.85. The van der Waals surface area contributed by atoms with Gasteiger partial charge in [-0.05, 0) is 27.2 Å². The molecule has 1 heterocycles. The first-order chi connectivity index (χ1) is 9.58. The van der Waals surface area contributed by atoms with Gasteiger partial charge in [-0.25, -0.2) is 4.98 Å². The van der Waals surface area contributed by atoms with Crippen LogP contribution in [-0.4, -0.2) is 23.3 Å². The summed E-state index contributed by atoms with van der Waals surface area (Å²) < 4.78 is 5.83. The maximum Gasteiger partial charge on any atom is 0.226 e. The van der Waals surface area contributed by atoms with Gasteiger partial charge in [0.25, 0.3) is 0 Å². The highest BCUT2D eigenvalue weighted by Gasteiger charge is 2.26. The van der Waals surface area contributed by atoms with Crippen LogP contribution < -0.4 is 5.32 Å². The van der Waals surface area contributed by atoms with Crippen molar-refractivity contribution in [3.8, 4) is 0 Å². The topological polar surface area (TPSA) is 55.1 Å². The Morgan fingerprint density at radius 2 is 1.90 bits per heavy atom. The van der Waals surface area contributed by atoms with E-state index >= 15 is 0 Å². The predicted molar refractivity (Wildman–Crippen MR) is 85.8 cm³/mol. The van der Waals surface area contributed by atoms with Crippen LogP contribution >= 0.6 is 11.6 Å². The summed E-state index contributed by atoms with van der Waals surface area (Å²) in [5.74, 6) is 1.98. The minimum atomic E-state index is -0.525. The van der Waals surface area contributed by atoms with E-state index in [2.05, 4.69) is 31.1 Å². The molecule has 0 saturated carbocycles. The second-order valence-electron chi connectivity index (χ2n) is 7.15. The van der Waals surface area contributed by atoms with Gasteiger partial charge >= 0.3 is 0 Å². The Hall–Kier alpha value is -1.03. The lowest BCUT2D eigenvalue weighted by molar-refractivity contribution is -0.128. The van der Waals surface area contributed by atoms with E-state index in [1.54, 1.807) is 0 Å². The number of carbonyl (C=O) groups excluding carboxylic acids is 1. The third-order valence-electron chi connectivity index (χ3n) is 3.35. The third kappa shape index (κ3) is 5.03. The summed E-state index contributed by atoms with van der Waals surface area (Å²) >= 11 is 5.78. The molecule has 1 N–H and O–H groups in total. The van der Waals surface area contributed by atoms with E-state index in [0.717, 1.165) is 30.2 Å². The lowest BCUT2D eigenvalue weighted by atomic mass is 9.95. The molecule has 0 spiro atoms. The van der Waals surface area contributed by atoms with Gasteiger partial charge in [-0.3, -0.25) is 4.79 Å². The van der Waals surface area contributed by atoms with Crippen molar-refractivity contribution in [2.24, 2.45) is 5.41 Å². The molecule has 120 valence electrons. The van der Waals surface area contributed by atoms with Crippen LogP contribution in [0.15, 0.2) is 4.42 Å². The average Bonchev–Trinajstić information content (AvgIpc) is 2.75. The molecule has 0 atom stereocenters. The lowest BCUT2D eigenvalue weighted by Gasteiger charge is -2.20. The highest BCUT2D eigenvalue weighted by molar-refractivity contribution is 6.19. The van der Waals surface area contributed by atoms with Crippen LogP contribution in [-0.2, 0) is 16.6 Å². The molecule has 0 aromatic carbocycles. The van der Waals surface area contributed by atoms with E-state index in [9.17, 15) is 4.79 Å². The number of hydrogen-bond donors (Lipinski definition) is 1. The molecular weight excluding hydrogens is 288 g/mol. The number of amides is 1. The molecule has 4 nitrogen and oxygen atoms in total. The fraction of sp³-hybridized carbons (Fsp3) is 0.750. The zero-order chi connectivity index (χ0) is 16.3. The number of nitrogens with zero attached hydrogens (tertiary/aromatic N) is 1. The number of oxazole rings is 1. The van der Waals surface area contributed by atoms with Crippen LogP contribution in [0.3, 0.4) is 0 Å². The van der Waals surface area contributed by atoms with Crippen LogP contribution in [0, 0.1) is 12.3 Å². The van der Waals surface area contributed by atoms with Gasteiger partial charge in [-0.15, -0.1) is 11.6 Å². The second kappa shape index (κ2) is 6.82. The zero-order valence-electron chi connectivity index (χ0n) is 14.0. The molecule has 0 aliphatic carbocycles. The van der Waals surface area contributed by atoms with Gasteiger partial charge in [-0.1, -0.05) is 20.8 Å². The molecule has 0 bridgehead atoms. The number of halogens is 1. The number of carbonyl (C=O) groups is 1. The van der Waals surface area contributed by atoms with E-state index in [1.807, 2.05) is 20.8 Å². The summed E-state index contributed by atoms with van der Waals surface area (Å²) in [7, 11) is 0. The summed E-state index contributed by atoms with van der Waals surface area (Å²) in [6, 6.07) is 0. The van der Waals surface area contributed by atoms with Crippen LogP contribution in [0.1, 0.15) is 58.4 Å². The maximum absolute atomic E-state index is 11.9. The quantitative estimate of drug-likeness (QED) is 0.645. The molecule has 0 fully saturated rings. The highest BCUT2D eigenvalue weighted by atomic mass is 35.5. The minimum absolute atomic E-state index is 0.0119. The smallest absolute Gasteiger partial charge is 0.226 e. The van der Waals surface area contributed by atoms with Gasteiger partial charge in [0, 0.05) is 24.3 Å². The van der Waals surface area contributed by atoms with Crippen LogP contribution in [0.4, 0.5) is 0 Å². The molecule has 1 rings (SSSR count). The molecule has 0 saturated heterocycles. The van der Waals surface area contributed by atoms with Crippen molar-refractivity contribution in [3.05, 3.63) is 17.3 Å². The SMILES string of the molecule is Cc1nc(C(C)(C)C)oc1CCCNC(=O)C(C)(C)CCl. The first kappa shape index (κ1) is 18.0.